The second kappa shape index (κ2) is 15.4. The number of anilines is 1. The van der Waals surface area contributed by atoms with Gasteiger partial charge in [0, 0.05) is 73.4 Å². The summed E-state index contributed by atoms with van der Waals surface area (Å²) < 4.78 is 35.6. The standard InChI is InChI=1S/C42H54ClN3O5S/c1-30-9-7-19-42(49-3,18-5-6-20-45-21-23-50-24-22-45)37-14-11-34(37)27-46-28-41(17-8-10-32-25-35(43)13-15-36(32)41)29-51-39-16-12-33(26-38(39)46)40(47)44-52(4,48)31(30)2/h7,12-13,15-16,19,25-26,30-31,34,37H,4,6,8-11,14,17,20-24,27-29H2,1-3H3,(H,44,47,48)/b19-7+/t30-,31+,34-,37+,41-,42+,52?/m0/s1. The van der Waals surface area contributed by atoms with Gasteiger partial charge in [-0.15, -0.1) is 0 Å². The summed E-state index contributed by atoms with van der Waals surface area (Å²) in [6, 6.07) is 11.9. The van der Waals surface area contributed by atoms with Crippen molar-refractivity contribution < 1.29 is 23.2 Å². The average Bonchev–Trinajstić information content (AvgIpc) is 3.27. The number of aryl methyl sites for hydroxylation is 1. The van der Waals surface area contributed by atoms with Crippen molar-refractivity contribution in [2.24, 2.45) is 17.8 Å². The van der Waals surface area contributed by atoms with Crippen molar-refractivity contribution in [1.29, 1.82) is 0 Å². The molecule has 1 amide bonds. The molecule has 5 aliphatic rings. The van der Waals surface area contributed by atoms with Gasteiger partial charge in [0.15, 0.2) is 0 Å². The van der Waals surface area contributed by atoms with E-state index >= 15 is 0 Å². The lowest BCUT2D eigenvalue weighted by molar-refractivity contribution is -0.0351. The number of methoxy groups -OCH3 is 1. The number of rotatable bonds is 3. The van der Waals surface area contributed by atoms with E-state index in [-0.39, 0.29) is 28.4 Å². The van der Waals surface area contributed by atoms with Gasteiger partial charge in [0.05, 0.1) is 35.2 Å². The third-order valence-electron chi connectivity index (χ3n) is 12.5. The highest BCUT2D eigenvalue weighted by molar-refractivity contribution is 7.99. The van der Waals surface area contributed by atoms with E-state index in [1.165, 1.54) is 11.1 Å². The first-order valence-electron chi connectivity index (χ1n) is 19.0. The van der Waals surface area contributed by atoms with Crippen molar-refractivity contribution in [1.82, 2.24) is 9.62 Å². The number of amides is 1. The van der Waals surface area contributed by atoms with E-state index in [0.29, 0.717) is 24.5 Å². The summed E-state index contributed by atoms with van der Waals surface area (Å²) in [5, 5.41) is 0.398. The van der Waals surface area contributed by atoms with Crippen LogP contribution in [0.2, 0.25) is 5.02 Å². The van der Waals surface area contributed by atoms with E-state index in [1.54, 1.807) is 13.2 Å². The third-order valence-corrected chi connectivity index (χ3v) is 15.0. The number of allylic oxidation sites excluding steroid dienone is 1. The molecule has 2 fully saturated rings. The van der Waals surface area contributed by atoms with Crippen molar-refractivity contribution in [2.75, 3.05) is 64.6 Å². The van der Waals surface area contributed by atoms with E-state index < -0.39 is 15.3 Å². The van der Waals surface area contributed by atoms with E-state index in [4.69, 9.17) is 25.8 Å². The number of carbonyl (C=O) groups excluding carboxylic acids is 1. The second-order valence-corrected chi connectivity index (χ2v) is 18.5. The highest BCUT2D eigenvalue weighted by atomic mass is 35.5. The van der Waals surface area contributed by atoms with Crippen LogP contribution >= 0.6 is 11.6 Å². The van der Waals surface area contributed by atoms with Gasteiger partial charge in [0.2, 0.25) is 0 Å². The molecule has 10 heteroatoms. The van der Waals surface area contributed by atoms with Gasteiger partial charge in [-0.1, -0.05) is 42.5 Å². The molecule has 2 aliphatic carbocycles. The van der Waals surface area contributed by atoms with Crippen molar-refractivity contribution >= 4 is 38.8 Å². The quantitative estimate of drug-likeness (QED) is 0.225. The average molecular weight is 748 g/mol. The topological polar surface area (TPSA) is 80.3 Å². The molecular formula is C42H54ClN3O5S. The molecule has 1 spiro atoms. The molecule has 2 aromatic carbocycles. The largest absolute Gasteiger partial charge is 0.490 e. The first-order chi connectivity index (χ1) is 25.0. The SMILES string of the molecule is C=S1(=O)NC(=O)c2ccc3c(c2)N(C[C@@H]2CC[C@H]2[C@](C#CCCN2CCOCC2)(OC)/C=C/C[C@H](C)[C@H]1C)C[C@@]1(CCCc2cc(Cl)ccc21)CO3. The lowest BCUT2D eigenvalue weighted by Gasteiger charge is -2.48. The van der Waals surface area contributed by atoms with Crippen LogP contribution < -0.4 is 14.4 Å². The lowest BCUT2D eigenvalue weighted by atomic mass is 9.64. The zero-order chi connectivity index (χ0) is 36.5. The predicted octanol–water partition coefficient (Wildman–Crippen LogP) is 6.30. The molecule has 0 radical (unpaired) electrons. The Bertz CT molecular complexity index is 1850. The van der Waals surface area contributed by atoms with Crippen LogP contribution in [0, 0.1) is 29.6 Å². The third kappa shape index (κ3) is 7.52. The molecular weight excluding hydrogens is 694 g/mol. The fourth-order valence-electron chi connectivity index (χ4n) is 8.99. The molecule has 1 saturated heterocycles. The molecule has 8 nitrogen and oxygen atoms in total. The number of fused-ring (bicyclic) bond motifs is 4. The summed E-state index contributed by atoms with van der Waals surface area (Å²) in [6.45, 7) is 10.4. The molecule has 280 valence electrons. The fourth-order valence-corrected chi connectivity index (χ4v) is 10.7. The van der Waals surface area contributed by atoms with Crippen LogP contribution in [0.1, 0.15) is 73.9 Å². The smallest absolute Gasteiger partial charge is 0.262 e. The Balaban J connectivity index is 1.28. The van der Waals surface area contributed by atoms with Crippen LogP contribution in [0.3, 0.4) is 0 Å². The maximum atomic E-state index is 14.0. The Hall–Kier alpha value is -3.00. The minimum atomic E-state index is -2.97. The van der Waals surface area contributed by atoms with Gasteiger partial charge in [0.25, 0.3) is 5.91 Å². The van der Waals surface area contributed by atoms with Crippen LogP contribution in [0.25, 0.3) is 0 Å². The van der Waals surface area contributed by atoms with Crippen LogP contribution in [0.15, 0.2) is 48.6 Å². The van der Waals surface area contributed by atoms with Crippen molar-refractivity contribution in [3.63, 3.8) is 0 Å². The normalized spacial score (nSPS) is 34.3. The number of nitrogens with one attached hydrogen (secondary N) is 1. The molecule has 0 aromatic heterocycles. The van der Waals surface area contributed by atoms with Gasteiger partial charge < -0.3 is 19.1 Å². The molecule has 52 heavy (non-hydrogen) atoms. The Morgan fingerprint density at radius 2 is 1.98 bits per heavy atom. The van der Waals surface area contributed by atoms with Gasteiger partial charge >= 0.3 is 0 Å². The molecule has 1 N–H and O–H groups in total. The van der Waals surface area contributed by atoms with Gasteiger partial charge in [0.1, 0.15) is 11.4 Å². The minimum absolute atomic E-state index is 0.00384. The van der Waals surface area contributed by atoms with E-state index in [9.17, 15) is 9.00 Å². The van der Waals surface area contributed by atoms with Crippen LogP contribution in [-0.2, 0) is 31.0 Å². The zero-order valence-electron chi connectivity index (χ0n) is 31.0. The summed E-state index contributed by atoms with van der Waals surface area (Å²) in [5.74, 6) is 12.1. The van der Waals surface area contributed by atoms with Gasteiger partial charge in [-0.25, -0.2) is 4.21 Å². The lowest BCUT2D eigenvalue weighted by Crippen LogP contribution is -2.52. The summed E-state index contributed by atoms with van der Waals surface area (Å²) in [6.07, 6.45) is 10.8. The maximum Gasteiger partial charge on any atom is 0.262 e. The van der Waals surface area contributed by atoms with Gasteiger partial charge in [-0.05, 0) is 111 Å². The van der Waals surface area contributed by atoms with Gasteiger partial charge in [-0.2, -0.15) is 0 Å². The molecule has 3 aliphatic heterocycles. The molecule has 1 saturated carbocycles. The molecule has 1 unspecified atom stereocenters. The van der Waals surface area contributed by atoms with E-state index in [2.05, 4.69) is 63.4 Å². The highest BCUT2D eigenvalue weighted by Gasteiger charge is 2.48. The molecule has 2 bridgehead atoms. The zero-order valence-corrected chi connectivity index (χ0v) is 32.5. The number of carbonyl (C=O) groups is 1. The first-order valence-corrected chi connectivity index (χ1v) is 21.2. The van der Waals surface area contributed by atoms with Crippen molar-refractivity contribution in [3.05, 3.63) is 70.3 Å². The number of benzene rings is 2. The fraction of sp³-hybridized carbons (Fsp3) is 0.571. The Morgan fingerprint density at radius 3 is 2.75 bits per heavy atom. The van der Waals surface area contributed by atoms with Crippen LogP contribution in [0.4, 0.5) is 5.69 Å². The summed E-state index contributed by atoms with van der Waals surface area (Å²) in [4.78, 5) is 18.6. The Morgan fingerprint density at radius 1 is 1.15 bits per heavy atom. The predicted molar refractivity (Wildman–Crippen MR) is 211 cm³/mol. The van der Waals surface area contributed by atoms with Crippen LogP contribution in [-0.4, -0.2) is 91.4 Å². The summed E-state index contributed by atoms with van der Waals surface area (Å²) >= 11 is 6.50. The molecule has 7 rings (SSSR count). The Kier molecular flexibility index (Phi) is 11.0. The molecule has 7 atom stereocenters. The maximum absolute atomic E-state index is 14.0. The highest BCUT2D eigenvalue weighted by Crippen LogP contribution is 2.49. The van der Waals surface area contributed by atoms with Crippen molar-refractivity contribution in [2.45, 2.75) is 75.1 Å². The van der Waals surface area contributed by atoms with Gasteiger partial charge in [-0.3, -0.25) is 14.4 Å². The summed E-state index contributed by atoms with van der Waals surface area (Å²) in [5.41, 5.74) is 2.91. The van der Waals surface area contributed by atoms with Crippen LogP contribution in [0.5, 0.6) is 5.75 Å². The number of hydrogen-bond donors (Lipinski definition) is 1. The number of morpholine rings is 1. The number of ether oxygens (including phenoxy) is 3. The number of hydrogen-bond acceptors (Lipinski definition) is 7. The van der Waals surface area contributed by atoms with E-state index in [0.717, 1.165) is 101 Å². The molecule has 3 heterocycles. The van der Waals surface area contributed by atoms with Crippen molar-refractivity contribution in [3.8, 4) is 17.6 Å². The van der Waals surface area contributed by atoms with E-state index in [1.807, 2.05) is 25.1 Å². The molecule has 2 aromatic rings. The summed E-state index contributed by atoms with van der Waals surface area (Å²) in [7, 11) is -1.18. The Labute approximate surface area is 315 Å². The monoisotopic (exact) mass is 747 g/mol. The first kappa shape index (κ1) is 37.3. The number of halogens is 1. The second-order valence-electron chi connectivity index (χ2n) is 15.7. The number of nitrogens with zero attached hydrogens (tertiary/aromatic N) is 2. The minimum Gasteiger partial charge on any atom is -0.490 e.